The van der Waals surface area contributed by atoms with Crippen LogP contribution < -0.4 is 5.73 Å². The van der Waals surface area contributed by atoms with Gasteiger partial charge in [0.15, 0.2) is 0 Å². The molecule has 3 N–H and O–H groups in total. The van der Waals surface area contributed by atoms with Crippen molar-refractivity contribution >= 4 is 31.2 Å². The summed E-state index contributed by atoms with van der Waals surface area (Å²) in [6.45, 7) is 0. The van der Waals surface area contributed by atoms with Gasteiger partial charge in [-0.2, -0.15) is 0 Å². The number of nitrogens with two attached hydrogens (primary N) is 1. The van der Waals surface area contributed by atoms with E-state index < -0.39 is 16.9 Å². The Morgan fingerprint density at radius 1 is 1.83 bits per heavy atom. The van der Waals surface area contributed by atoms with E-state index in [2.05, 4.69) is 22.6 Å². The van der Waals surface area contributed by atoms with Gasteiger partial charge in [-0.05, 0) is 0 Å². The van der Waals surface area contributed by atoms with E-state index in [1.165, 1.54) is 12.6 Å². The summed E-state index contributed by atoms with van der Waals surface area (Å²) < 4.78 is 0. The minimum atomic E-state index is -1.06. The third-order valence-corrected chi connectivity index (χ3v) is 1.88. The zero-order valence-electron chi connectivity index (χ0n) is 6.21. The van der Waals surface area contributed by atoms with Gasteiger partial charge in [-0.15, -0.1) is 12.6 Å². The first kappa shape index (κ1) is 9.21. The van der Waals surface area contributed by atoms with Crippen LogP contribution in [0.3, 0.4) is 0 Å². The second kappa shape index (κ2) is 3.24. The summed E-state index contributed by atoms with van der Waals surface area (Å²) in [7, 11) is 0. The van der Waals surface area contributed by atoms with E-state index in [1.54, 1.807) is 0 Å². The van der Waals surface area contributed by atoms with Crippen LogP contribution in [0, 0.1) is 0 Å². The van der Waals surface area contributed by atoms with E-state index in [1.807, 2.05) is 0 Å². The summed E-state index contributed by atoms with van der Waals surface area (Å²) in [5.74, 6) is -1.06. The van der Waals surface area contributed by atoms with Crippen molar-refractivity contribution in [2.24, 2.45) is 15.7 Å². The van der Waals surface area contributed by atoms with E-state index in [9.17, 15) is 4.79 Å². The lowest BCUT2D eigenvalue weighted by molar-refractivity contribution is -0.138. The fourth-order valence-corrected chi connectivity index (χ4v) is 1.15. The summed E-state index contributed by atoms with van der Waals surface area (Å²) >= 11 is 4.12. The molecule has 0 spiro atoms. The quantitative estimate of drug-likeness (QED) is 0.522. The van der Waals surface area contributed by atoms with Crippen molar-refractivity contribution in [3.8, 4) is 0 Å². The number of aliphatic imine (C=N–C) groups is 2. The smallest absolute Gasteiger partial charge is 0.320 e. The number of rotatable bonds is 3. The van der Waals surface area contributed by atoms with Crippen molar-refractivity contribution in [1.82, 2.24) is 0 Å². The van der Waals surface area contributed by atoms with Crippen LogP contribution in [0.25, 0.3) is 0 Å². The summed E-state index contributed by atoms with van der Waals surface area (Å²) in [4.78, 5) is 17.1. The average molecular weight is 187 g/mol. The van der Waals surface area contributed by atoms with E-state index in [4.69, 9.17) is 10.8 Å². The zero-order chi connectivity index (χ0) is 9.19. The van der Waals surface area contributed by atoms with Crippen LogP contribution in [0.15, 0.2) is 9.98 Å². The van der Waals surface area contributed by atoms with Gasteiger partial charge in [0, 0.05) is 12.6 Å². The van der Waals surface area contributed by atoms with Gasteiger partial charge in [-0.1, -0.05) is 0 Å². The Labute approximate surface area is 74.8 Å². The molecule has 0 saturated carbocycles. The van der Waals surface area contributed by atoms with Crippen LogP contribution in [-0.2, 0) is 4.79 Å². The lowest BCUT2D eigenvalue weighted by Crippen LogP contribution is -2.37. The van der Waals surface area contributed by atoms with Crippen molar-refractivity contribution in [1.29, 1.82) is 0 Å². The largest absolute Gasteiger partial charge is 0.480 e. The highest BCUT2D eigenvalue weighted by Crippen LogP contribution is 2.22. The Morgan fingerprint density at radius 2 is 2.50 bits per heavy atom. The second-order valence-corrected chi connectivity index (χ2v) is 3.32. The molecule has 1 unspecified atom stereocenters. The third-order valence-electron chi connectivity index (χ3n) is 1.47. The highest BCUT2D eigenvalue weighted by Gasteiger charge is 2.29. The number of hydrogen-bond donors (Lipinski definition) is 3. The van der Waals surface area contributed by atoms with Gasteiger partial charge in [0.25, 0.3) is 0 Å². The van der Waals surface area contributed by atoms with E-state index in [0.29, 0.717) is 0 Å². The normalized spacial score (nSPS) is 29.2. The van der Waals surface area contributed by atoms with Crippen LogP contribution in [0.4, 0.5) is 0 Å². The maximum atomic E-state index is 10.4. The molecule has 0 aromatic rings. The van der Waals surface area contributed by atoms with Gasteiger partial charge in [-0.25, -0.2) is 4.99 Å². The van der Waals surface area contributed by atoms with Gasteiger partial charge < -0.3 is 10.8 Å². The Bertz CT molecular complexity index is 239. The molecule has 2 atom stereocenters. The molecule has 6 heteroatoms. The van der Waals surface area contributed by atoms with Crippen LogP contribution in [0.1, 0.15) is 6.42 Å². The monoisotopic (exact) mass is 187 g/mol. The molecule has 0 fully saturated rings. The Morgan fingerprint density at radius 3 is 2.92 bits per heavy atom. The molecule has 1 heterocycles. The number of thiol groups is 1. The molecule has 0 aromatic heterocycles. The highest BCUT2D eigenvalue weighted by atomic mass is 32.1. The minimum absolute atomic E-state index is 0.144. The summed E-state index contributed by atoms with van der Waals surface area (Å²) in [6, 6.07) is -0.954. The molecular formula is C6H9N3O2S. The van der Waals surface area contributed by atoms with Gasteiger partial charge >= 0.3 is 5.97 Å². The summed E-state index contributed by atoms with van der Waals surface area (Å²) in [5, 5.41) is 8.50. The molecule has 1 rings (SSSR count). The first-order valence-electron chi connectivity index (χ1n) is 3.32. The molecule has 1 aliphatic heterocycles. The summed E-state index contributed by atoms with van der Waals surface area (Å²) in [5.41, 5.74) is 5.30. The van der Waals surface area contributed by atoms with Crippen LogP contribution >= 0.6 is 12.6 Å². The molecule has 0 bridgehead atoms. The van der Waals surface area contributed by atoms with Crippen LogP contribution in [0.5, 0.6) is 0 Å². The number of carboxylic acid groups (broad SMARTS) is 1. The number of carbonyl (C=O) groups is 1. The predicted molar refractivity (Wildman–Crippen MR) is 48.9 cm³/mol. The lowest BCUT2D eigenvalue weighted by atomic mass is 10.1. The standard InChI is InChI=1S/C6H9N3O2S/c7-4(5(10)11)1-6(12)2-8-3-9-6/h2-4,12H,1,7H2,(H,10,11)/t4-,6?/m0/s1. The predicted octanol–water partition coefficient (Wildman–Crippen LogP) is -0.473. The number of carboxylic acids is 1. The Balaban J connectivity index is 2.56. The second-order valence-electron chi connectivity index (χ2n) is 2.55. The van der Waals surface area contributed by atoms with Gasteiger partial charge in [0.2, 0.25) is 0 Å². The highest BCUT2D eigenvalue weighted by molar-refractivity contribution is 7.82. The fraction of sp³-hybridized carbons (Fsp3) is 0.500. The van der Waals surface area contributed by atoms with E-state index in [-0.39, 0.29) is 6.42 Å². The maximum absolute atomic E-state index is 10.4. The fourth-order valence-electron chi connectivity index (χ4n) is 0.836. The molecule has 0 aliphatic carbocycles. The molecular weight excluding hydrogens is 178 g/mol. The van der Waals surface area contributed by atoms with Gasteiger partial charge in [-0.3, -0.25) is 9.79 Å². The van der Waals surface area contributed by atoms with Crippen molar-refractivity contribution in [2.45, 2.75) is 17.3 Å². The lowest BCUT2D eigenvalue weighted by Gasteiger charge is -2.17. The topological polar surface area (TPSA) is 88.0 Å². The van der Waals surface area contributed by atoms with Crippen LogP contribution in [-0.4, -0.2) is 34.5 Å². The summed E-state index contributed by atoms with van der Waals surface area (Å²) in [6.07, 6.45) is 2.95. The van der Waals surface area contributed by atoms with Gasteiger partial charge in [0.05, 0.1) is 0 Å². The SMILES string of the molecule is N[C@@H](CC1(S)C=NC=N1)C(=O)O. The van der Waals surface area contributed by atoms with Gasteiger partial charge in [0.1, 0.15) is 17.3 Å². The minimum Gasteiger partial charge on any atom is -0.480 e. The van der Waals surface area contributed by atoms with Crippen molar-refractivity contribution in [3.63, 3.8) is 0 Å². The number of aliphatic carboxylic acids is 1. The average Bonchev–Trinajstić information content (AvgIpc) is 2.35. The molecule has 5 nitrogen and oxygen atoms in total. The molecule has 0 amide bonds. The van der Waals surface area contributed by atoms with Crippen molar-refractivity contribution < 1.29 is 9.90 Å². The van der Waals surface area contributed by atoms with Crippen LogP contribution in [0.2, 0.25) is 0 Å². The zero-order valence-corrected chi connectivity index (χ0v) is 7.11. The molecule has 1 aliphatic rings. The first-order chi connectivity index (χ1) is 5.53. The van der Waals surface area contributed by atoms with E-state index in [0.717, 1.165) is 0 Å². The number of hydrogen-bond acceptors (Lipinski definition) is 5. The van der Waals surface area contributed by atoms with Crippen molar-refractivity contribution in [3.05, 3.63) is 0 Å². The third kappa shape index (κ3) is 2.05. The Hall–Kier alpha value is -0.880. The molecule has 0 aromatic carbocycles. The molecule has 66 valence electrons. The number of nitrogens with zero attached hydrogens (tertiary/aromatic N) is 2. The van der Waals surface area contributed by atoms with Crippen molar-refractivity contribution in [2.75, 3.05) is 0 Å². The first-order valence-corrected chi connectivity index (χ1v) is 3.77. The molecule has 12 heavy (non-hydrogen) atoms. The van der Waals surface area contributed by atoms with E-state index >= 15 is 0 Å². The maximum Gasteiger partial charge on any atom is 0.320 e. The Kier molecular flexibility index (Phi) is 2.49. The molecule has 0 radical (unpaired) electrons. The molecule has 0 saturated heterocycles.